The van der Waals surface area contributed by atoms with Crippen LogP contribution >= 0.6 is 0 Å². The molecule has 0 saturated carbocycles. The Morgan fingerprint density at radius 1 is 0.667 bits per heavy atom. The van der Waals surface area contributed by atoms with Gasteiger partial charge in [0.15, 0.2) is 0 Å². The molecule has 0 amide bonds. The molecular weight excluding hydrogens is 292 g/mol. The van der Waals surface area contributed by atoms with Crippen molar-refractivity contribution < 1.29 is 0 Å². The molecule has 0 bridgehead atoms. The standard InChI is InChI=1S/C22H14N2/c1-2-16-6-7-18-5-4-15(8-10-19-14-23-12-13-24-19)20-11-9-17(3-1)21(16)22(18)20/h1-14H/b10-8+. The first-order valence-electron chi connectivity index (χ1n) is 8.01. The molecule has 1 aromatic heterocycles. The number of rotatable bonds is 2. The Balaban J connectivity index is 1.80. The van der Waals surface area contributed by atoms with Crippen LogP contribution in [0.1, 0.15) is 11.3 Å². The summed E-state index contributed by atoms with van der Waals surface area (Å²) < 4.78 is 0. The Kier molecular flexibility index (Phi) is 2.83. The zero-order chi connectivity index (χ0) is 15.9. The molecule has 2 heteroatoms. The summed E-state index contributed by atoms with van der Waals surface area (Å²) in [5.41, 5.74) is 2.06. The Bertz CT molecular complexity index is 1170. The maximum absolute atomic E-state index is 4.31. The van der Waals surface area contributed by atoms with E-state index in [1.165, 1.54) is 37.9 Å². The van der Waals surface area contributed by atoms with Crippen LogP contribution in [0.4, 0.5) is 0 Å². The van der Waals surface area contributed by atoms with Crippen molar-refractivity contribution in [1.29, 1.82) is 0 Å². The molecule has 0 fully saturated rings. The van der Waals surface area contributed by atoms with E-state index >= 15 is 0 Å². The van der Waals surface area contributed by atoms with Crippen LogP contribution in [-0.4, -0.2) is 9.97 Å². The molecule has 2 nitrogen and oxygen atoms in total. The van der Waals surface area contributed by atoms with Crippen molar-refractivity contribution in [3.8, 4) is 0 Å². The molecule has 24 heavy (non-hydrogen) atoms. The summed E-state index contributed by atoms with van der Waals surface area (Å²) in [5, 5.41) is 7.83. The summed E-state index contributed by atoms with van der Waals surface area (Å²) in [6.07, 6.45) is 9.30. The van der Waals surface area contributed by atoms with E-state index in [-0.39, 0.29) is 0 Å². The Morgan fingerprint density at radius 3 is 2.21 bits per heavy atom. The third kappa shape index (κ3) is 1.97. The van der Waals surface area contributed by atoms with Gasteiger partial charge in [-0.2, -0.15) is 0 Å². The third-order valence-electron chi connectivity index (χ3n) is 4.58. The zero-order valence-corrected chi connectivity index (χ0v) is 13.0. The molecule has 5 aromatic rings. The molecule has 0 aliphatic rings. The fourth-order valence-corrected chi connectivity index (χ4v) is 3.48. The van der Waals surface area contributed by atoms with Crippen molar-refractivity contribution in [3.63, 3.8) is 0 Å². The van der Waals surface area contributed by atoms with Gasteiger partial charge >= 0.3 is 0 Å². The van der Waals surface area contributed by atoms with E-state index in [4.69, 9.17) is 0 Å². The van der Waals surface area contributed by atoms with Crippen LogP contribution in [0, 0.1) is 0 Å². The Labute approximate surface area is 139 Å². The summed E-state index contributed by atoms with van der Waals surface area (Å²) in [6, 6.07) is 19.7. The maximum Gasteiger partial charge on any atom is 0.0813 e. The number of hydrogen-bond donors (Lipinski definition) is 0. The first-order valence-corrected chi connectivity index (χ1v) is 8.01. The van der Waals surface area contributed by atoms with Gasteiger partial charge in [-0.15, -0.1) is 0 Å². The van der Waals surface area contributed by atoms with E-state index in [9.17, 15) is 0 Å². The number of hydrogen-bond acceptors (Lipinski definition) is 2. The van der Waals surface area contributed by atoms with E-state index in [1.807, 2.05) is 6.08 Å². The average Bonchev–Trinajstić information content (AvgIpc) is 2.66. The quantitative estimate of drug-likeness (QED) is 0.400. The second-order valence-corrected chi connectivity index (χ2v) is 5.97. The van der Waals surface area contributed by atoms with Crippen molar-refractivity contribution >= 4 is 44.5 Å². The molecule has 112 valence electrons. The molecule has 4 aromatic carbocycles. The molecule has 0 radical (unpaired) electrons. The van der Waals surface area contributed by atoms with Crippen molar-refractivity contribution in [3.05, 3.63) is 84.4 Å². The van der Waals surface area contributed by atoms with Crippen molar-refractivity contribution in [2.24, 2.45) is 0 Å². The van der Waals surface area contributed by atoms with Gasteiger partial charge in [0.2, 0.25) is 0 Å². The molecule has 0 aliphatic carbocycles. The van der Waals surface area contributed by atoms with Crippen LogP contribution in [-0.2, 0) is 0 Å². The Hall–Kier alpha value is -3.26. The smallest absolute Gasteiger partial charge is 0.0813 e. The van der Waals surface area contributed by atoms with Crippen LogP contribution in [0.15, 0.2) is 73.2 Å². The second-order valence-electron chi connectivity index (χ2n) is 5.97. The second kappa shape index (κ2) is 5.14. The van der Waals surface area contributed by atoms with E-state index in [2.05, 4.69) is 70.6 Å². The molecule has 0 aliphatic heterocycles. The lowest BCUT2D eigenvalue weighted by atomic mass is 9.92. The van der Waals surface area contributed by atoms with Crippen LogP contribution in [0.5, 0.6) is 0 Å². The highest BCUT2D eigenvalue weighted by atomic mass is 14.7. The normalized spacial score (nSPS) is 12.0. The molecule has 5 rings (SSSR count). The highest BCUT2D eigenvalue weighted by Crippen LogP contribution is 2.36. The topological polar surface area (TPSA) is 25.8 Å². The molecule has 0 saturated heterocycles. The lowest BCUT2D eigenvalue weighted by Gasteiger charge is -2.12. The minimum atomic E-state index is 0.864. The van der Waals surface area contributed by atoms with E-state index < -0.39 is 0 Å². The highest BCUT2D eigenvalue weighted by Gasteiger charge is 2.09. The molecule has 0 spiro atoms. The van der Waals surface area contributed by atoms with Crippen LogP contribution in [0.25, 0.3) is 44.5 Å². The molecule has 0 unspecified atom stereocenters. The zero-order valence-electron chi connectivity index (χ0n) is 13.0. The van der Waals surface area contributed by atoms with Crippen molar-refractivity contribution in [1.82, 2.24) is 9.97 Å². The number of aromatic nitrogens is 2. The molecule has 0 N–H and O–H groups in total. The first kappa shape index (κ1) is 13.2. The predicted octanol–water partition coefficient (Wildman–Crippen LogP) is 5.54. The largest absolute Gasteiger partial charge is 0.261 e. The van der Waals surface area contributed by atoms with Gasteiger partial charge in [0.25, 0.3) is 0 Å². The lowest BCUT2D eigenvalue weighted by molar-refractivity contribution is 1.18. The van der Waals surface area contributed by atoms with Gasteiger partial charge in [-0.1, -0.05) is 60.7 Å². The Morgan fingerprint density at radius 2 is 1.42 bits per heavy atom. The number of nitrogens with zero attached hydrogens (tertiary/aromatic N) is 2. The number of benzene rings is 4. The SMILES string of the molecule is C(=C\c1ccc2ccc3cccc4ccc1c2c34)/c1cnccn1. The summed E-state index contributed by atoms with van der Waals surface area (Å²) in [6.45, 7) is 0. The molecular formula is C22H14N2. The van der Waals surface area contributed by atoms with Gasteiger partial charge in [-0.3, -0.25) is 9.97 Å². The maximum atomic E-state index is 4.31. The van der Waals surface area contributed by atoms with Crippen LogP contribution < -0.4 is 0 Å². The minimum absolute atomic E-state index is 0.864. The fraction of sp³-hybridized carbons (Fsp3) is 0. The summed E-state index contributed by atoms with van der Waals surface area (Å²) in [4.78, 5) is 8.42. The summed E-state index contributed by atoms with van der Waals surface area (Å²) >= 11 is 0. The van der Waals surface area contributed by atoms with E-state index in [1.54, 1.807) is 18.6 Å². The fourth-order valence-electron chi connectivity index (χ4n) is 3.48. The third-order valence-corrected chi connectivity index (χ3v) is 4.58. The lowest BCUT2D eigenvalue weighted by Crippen LogP contribution is -1.86. The predicted molar refractivity (Wildman–Crippen MR) is 101 cm³/mol. The molecule has 0 atom stereocenters. The van der Waals surface area contributed by atoms with Gasteiger partial charge < -0.3 is 0 Å². The van der Waals surface area contributed by atoms with Crippen molar-refractivity contribution in [2.45, 2.75) is 0 Å². The summed E-state index contributed by atoms with van der Waals surface area (Å²) in [5.74, 6) is 0. The summed E-state index contributed by atoms with van der Waals surface area (Å²) in [7, 11) is 0. The van der Waals surface area contributed by atoms with E-state index in [0.29, 0.717) is 0 Å². The van der Waals surface area contributed by atoms with Gasteiger partial charge in [0.1, 0.15) is 0 Å². The van der Waals surface area contributed by atoms with Gasteiger partial charge in [0, 0.05) is 12.4 Å². The van der Waals surface area contributed by atoms with Crippen LogP contribution in [0.3, 0.4) is 0 Å². The molecule has 1 heterocycles. The monoisotopic (exact) mass is 306 g/mol. The average molecular weight is 306 g/mol. The van der Waals surface area contributed by atoms with Gasteiger partial charge in [-0.05, 0) is 44.0 Å². The van der Waals surface area contributed by atoms with E-state index in [0.717, 1.165) is 5.69 Å². The minimum Gasteiger partial charge on any atom is -0.261 e. The van der Waals surface area contributed by atoms with Gasteiger partial charge in [-0.25, -0.2) is 0 Å². The van der Waals surface area contributed by atoms with Gasteiger partial charge in [0.05, 0.1) is 11.9 Å². The van der Waals surface area contributed by atoms with Crippen molar-refractivity contribution in [2.75, 3.05) is 0 Å². The first-order chi connectivity index (χ1) is 11.9. The van der Waals surface area contributed by atoms with Crippen LogP contribution in [0.2, 0.25) is 0 Å². The highest BCUT2D eigenvalue weighted by molar-refractivity contribution is 6.24.